The van der Waals surface area contributed by atoms with Crippen LogP contribution in [0, 0.1) is 6.92 Å². The van der Waals surface area contributed by atoms with Gasteiger partial charge in [-0.1, -0.05) is 29.8 Å². The Morgan fingerprint density at radius 3 is 2.61 bits per heavy atom. The molecule has 0 amide bonds. The Bertz CT molecular complexity index is 407. The molecule has 100 valence electrons. The van der Waals surface area contributed by atoms with Crippen molar-refractivity contribution in [2.45, 2.75) is 52.8 Å². The molecule has 0 aromatic heterocycles. The van der Waals surface area contributed by atoms with Gasteiger partial charge in [-0.15, -0.1) is 0 Å². The minimum atomic E-state index is -0.434. The Balaban J connectivity index is 2.46. The number of carbonyl (C=O) groups excluding carboxylic acids is 1. The van der Waals surface area contributed by atoms with Crippen LogP contribution in [-0.2, 0) is 16.1 Å². The van der Waals surface area contributed by atoms with E-state index in [-0.39, 0.29) is 12.0 Å². The molecule has 0 bridgehead atoms. The van der Waals surface area contributed by atoms with E-state index in [0.29, 0.717) is 6.54 Å². The van der Waals surface area contributed by atoms with Crippen molar-refractivity contribution < 1.29 is 9.53 Å². The van der Waals surface area contributed by atoms with Crippen LogP contribution in [0.5, 0.6) is 0 Å². The zero-order valence-electron chi connectivity index (χ0n) is 11.9. The molecule has 18 heavy (non-hydrogen) atoms. The van der Waals surface area contributed by atoms with Gasteiger partial charge >= 0.3 is 5.97 Å². The lowest BCUT2D eigenvalue weighted by Gasteiger charge is -2.22. The molecule has 0 fully saturated rings. The van der Waals surface area contributed by atoms with Crippen LogP contribution in [0.1, 0.15) is 38.8 Å². The Hall–Kier alpha value is -1.35. The number of nitrogens with one attached hydrogen (secondary N) is 1. The van der Waals surface area contributed by atoms with Crippen LogP contribution in [0.4, 0.5) is 0 Å². The predicted molar refractivity (Wildman–Crippen MR) is 73.3 cm³/mol. The molecule has 1 aromatic rings. The van der Waals surface area contributed by atoms with Gasteiger partial charge in [0.1, 0.15) is 11.6 Å². The molecule has 0 aliphatic carbocycles. The maximum Gasteiger partial charge on any atom is 0.323 e. The van der Waals surface area contributed by atoms with Crippen molar-refractivity contribution in [1.29, 1.82) is 0 Å². The third-order valence-electron chi connectivity index (χ3n) is 2.46. The minimum Gasteiger partial charge on any atom is -0.459 e. The van der Waals surface area contributed by atoms with E-state index in [1.54, 1.807) is 0 Å². The summed E-state index contributed by atoms with van der Waals surface area (Å²) in [5, 5.41) is 3.17. The average Bonchev–Trinajstić information content (AvgIpc) is 2.23. The van der Waals surface area contributed by atoms with Crippen LogP contribution in [-0.4, -0.2) is 17.6 Å². The number of benzene rings is 1. The van der Waals surface area contributed by atoms with E-state index in [0.717, 1.165) is 0 Å². The fraction of sp³-hybridized carbons (Fsp3) is 0.533. The number of rotatable bonds is 4. The standard InChI is InChI=1S/C15H23NO2/c1-11-7-6-8-13(9-11)10-16-12(2)14(17)18-15(3,4)5/h6-9,12,16H,10H2,1-5H3/t12-/m0/s1. The summed E-state index contributed by atoms with van der Waals surface area (Å²) in [6, 6.07) is 7.92. The Morgan fingerprint density at radius 1 is 1.39 bits per heavy atom. The van der Waals surface area contributed by atoms with Crippen LogP contribution in [0.15, 0.2) is 24.3 Å². The van der Waals surface area contributed by atoms with Gasteiger partial charge in [-0.25, -0.2) is 0 Å². The molecule has 1 rings (SSSR count). The van der Waals surface area contributed by atoms with Gasteiger partial charge in [0.15, 0.2) is 0 Å². The van der Waals surface area contributed by atoms with Crippen LogP contribution in [0.25, 0.3) is 0 Å². The number of hydrogen-bond donors (Lipinski definition) is 1. The quantitative estimate of drug-likeness (QED) is 0.834. The highest BCUT2D eigenvalue weighted by Gasteiger charge is 2.21. The highest BCUT2D eigenvalue weighted by molar-refractivity contribution is 5.75. The second-order valence-electron chi connectivity index (χ2n) is 5.63. The van der Waals surface area contributed by atoms with E-state index in [1.807, 2.05) is 39.8 Å². The summed E-state index contributed by atoms with van der Waals surface area (Å²) in [6.45, 7) is 10.2. The normalized spacial score (nSPS) is 13.2. The Morgan fingerprint density at radius 2 is 2.06 bits per heavy atom. The first-order valence-electron chi connectivity index (χ1n) is 6.30. The first kappa shape index (κ1) is 14.7. The van der Waals surface area contributed by atoms with Crippen LogP contribution < -0.4 is 5.32 Å². The predicted octanol–water partition coefficient (Wildman–Crippen LogP) is 2.81. The van der Waals surface area contributed by atoms with Crippen molar-refractivity contribution in [3.8, 4) is 0 Å². The Labute approximate surface area is 110 Å². The van der Waals surface area contributed by atoms with Gasteiger partial charge < -0.3 is 10.1 Å². The molecule has 0 spiro atoms. The molecule has 0 heterocycles. The third-order valence-corrected chi connectivity index (χ3v) is 2.46. The van der Waals surface area contributed by atoms with Gasteiger partial charge in [0, 0.05) is 6.54 Å². The molecule has 3 heteroatoms. The van der Waals surface area contributed by atoms with E-state index in [4.69, 9.17) is 4.74 Å². The van der Waals surface area contributed by atoms with Crippen molar-refractivity contribution in [3.63, 3.8) is 0 Å². The summed E-state index contributed by atoms with van der Waals surface area (Å²) in [7, 11) is 0. The highest BCUT2D eigenvalue weighted by Crippen LogP contribution is 2.09. The molecular formula is C15H23NO2. The molecule has 0 saturated carbocycles. The highest BCUT2D eigenvalue weighted by atomic mass is 16.6. The van der Waals surface area contributed by atoms with E-state index in [9.17, 15) is 4.79 Å². The van der Waals surface area contributed by atoms with Gasteiger partial charge in [0.05, 0.1) is 0 Å². The summed E-state index contributed by atoms with van der Waals surface area (Å²) in [5.41, 5.74) is 1.96. The fourth-order valence-corrected chi connectivity index (χ4v) is 1.57. The second kappa shape index (κ2) is 6.01. The van der Waals surface area contributed by atoms with Gasteiger partial charge in [-0.3, -0.25) is 4.79 Å². The molecule has 3 nitrogen and oxygen atoms in total. The van der Waals surface area contributed by atoms with Crippen molar-refractivity contribution in [1.82, 2.24) is 5.32 Å². The molecule has 0 aliphatic heterocycles. The third kappa shape index (κ3) is 5.32. The summed E-state index contributed by atoms with van der Waals surface area (Å²) in [6.07, 6.45) is 0. The van der Waals surface area contributed by atoms with Gasteiger partial charge in [0.2, 0.25) is 0 Å². The van der Waals surface area contributed by atoms with Gasteiger partial charge in [-0.05, 0) is 40.2 Å². The van der Waals surface area contributed by atoms with E-state index >= 15 is 0 Å². The van der Waals surface area contributed by atoms with Crippen LogP contribution in [0.2, 0.25) is 0 Å². The molecule has 1 aromatic carbocycles. The summed E-state index contributed by atoms with van der Waals surface area (Å²) in [5.74, 6) is -0.213. The second-order valence-corrected chi connectivity index (χ2v) is 5.63. The van der Waals surface area contributed by atoms with Crippen molar-refractivity contribution >= 4 is 5.97 Å². The van der Waals surface area contributed by atoms with Crippen molar-refractivity contribution in [2.24, 2.45) is 0 Å². The number of aryl methyl sites for hydroxylation is 1. The lowest BCUT2D eigenvalue weighted by molar-refractivity contribution is -0.157. The van der Waals surface area contributed by atoms with Crippen LogP contribution in [0.3, 0.4) is 0 Å². The maximum absolute atomic E-state index is 11.8. The molecular weight excluding hydrogens is 226 g/mol. The maximum atomic E-state index is 11.8. The lowest BCUT2D eigenvalue weighted by Crippen LogP contribution is -2.38. The topological polar surface area (TPSA) is 38.3 Å². The average molecular weight is 249 g/mol. The smallest absolute Gasteiger partial charge is 0.323 e. The number of carbonyl (C=O) groups is 1. The summed E-state index contributed by atoms with van der Waals surface area (Å²) in [4.78, 5) is 11.8. The number of hydrogen-bond acceptors (Lipinski definition) is 3. The summed E-state index contributed by atoms with van der Waals surface area (Å²) < 4.78 is 5.31. The largest absolute Gasteiger partial charge is 0.459 e. The molecule has 0 radical (unpaired) electrons. The monoisotopic (exact) mass is 249 g/mol. The molecule has 1 atom stereocenters. The van der Waals surface area contributed by atoms with E-state index < -0.39 is 5.60 Å². The first-order chi connectivity index (χ1) is 8.28. The van der Waals surface area contributed by atoms with Gasteiger partial charge in [-0.2, -0.15) is 0 Å². The van der Waals surface area contributed by atoms with Crippen LogP contribution >= 0.6 is 0 Å². The van der Waals surface area contributed by atoms with E-state index in [2.05, 4.69) is 24.4 Å². The summed E-state index contributed by atoms with van der Waals surface area (Å²) >= 11 is 0. The first-order valence-corrected chi connectivity index (χ1v) is 6.30. The number of ether oxygens (including phenoxy) is 1. The number of esters is 1. The van der Waals surface area contributed by atoms with Crippen molar-refractivity contribution in [3.05, 3.63) is 35.4 Å². The fourth-order valence-electron chi connectivity index (χ4n) is 1.57. The minimum absolute atomic E-state index is 0.213. The molecule has 0 aliphatic rings. The van der Waals surface area contributed by atoms with Gasteiger partial charge in [0.25, 0.3) is 0 Å². The molecule has 0 saturated heterocycles. The lowest BCUT2D eigenvalue weighted by atomic mass is 10.1. The van der Waals surface area contributed by atoms with Crippen molar-refractivity contribution in [2.75, 3.05) is 0 Å². The Kier molecular flexibility index (Phi) is 4.91. The molecule has 0 unspecified atom stereocenters. The SMILES string of the molecule is Cc1cccc(CN[C@@H](C)C(=O)OC(C)(C)C)c1. The zero-order valence-corrected chi connectivity index (χ0v) is 11.9. The van der Waals surface area contributed by atoms with E-state index in [1.165, 1.54) is 11.1 Å². The zero-order chi connectivity index (χ0) is 13.8. The molecule has 1 N–H and O–H groups in total.